The third-order valence-electron chi connectivity index (χ3n) is 4.86. The number of hydrogen-bond acceptors (Lipinski definition) is 5. The molecular weight excluding hydrogens is 340 g/mol. The van der Waals surface area contributed by atoms with Crippen LogP contribution < -0.4 is 0 Å². The van der Waals surface area contributed by atoms with Crippen LogP contribution in [0.1, 0.15) is 16.2 Å². The monoisotopic (exact) mass is 362 g/mol. The molecule has 4 rings (SSSR count). The van der Waals surface area contributed by atoms with Gasteiger partial charge in [-0.1, -0.05) is 41.6 Å². The SMILES string of the molecule is O=C(c1cc(-c2ccccc2)on1)N1CCN(CCc2ccccn2)CC1. The Balaban J connectivity index is 1.30. The summed E-state index contributed by atoms with van der Waals surface area (Å²) >= 11 is 0. The lowest BCUT2D eigenvalue weighted by atomic mass is 10.1. The Labute approximate surface area is 158 Å². The highest BCUT2D eigenvalue weighted by atomic mass is 16.5. The molecular formula is C21H22N4O2. The van der Waals surface area contributed by atoms with Crippen molar-refractivity contribution in [1.82, 2.24) is 19.9 Å². The smallest absolute Gasteiger partial charge is 0.276 e. The van der Waals surface area contributed by atoms with E-state index in [9.17, 15) is 4.79 Å². The van der Waals surface area contributed by atoms with E-state index in [1.165, 1.54) is 0 Å². The van der Waals surface area contributed by atoms with E-state index in [-0.39, 0.29) is 5.91 Å². The van der Waals surface area contributed by atoms with Gasteiger partial charge in [0.1, 0.15) is 0 Å². The van der Waals surface area contributed by atoms with Gasteiger partial charge in [0.05, 0.1) is 0 Å². The van der Waals surface area contributed by atoms with Crippen LogP contribution in [-0.4, -0.2) is 58.6 Å². The van der Waals surface area contributed by atoms with Gasteiger partial charge < -0.3 is 9.42 Å². The maximum absolute atomic E-state index is 12.7. The van der Waals surface area contributed by atoms with E-state index in [1.807, 2.05) is 53.6 Å². The topological polar surface area (TPSA) is 62.5 Å². The molecule has 1 aromatic carbocycles. The molecule has 3 heterocycles. The summed E-state index contributed by atoms with van der Waals surface area (Å²) in [5, 5.41) is 3.97. The maximum atomic E-state index is 12.7. The van der Waals surface area contributed by atoms with E-state index in [1.54, 1.807) is 6.07 Å². The van der Waals surface area contributed by atoms with Gasteiger partial charge in [-0.05, 0) is 12.1 Å². The number of rotatable bonds is 5. The normalized spacial score (nSPS) is 15.0. The Kier molecular flexibility index (Phi) is 5.25. The van der Waals surface area contributed by atoms with Gasteiger partial charge in [-0.3, -0.25) is 14.7 Å². The number of hydrogen-bond donors (Lipinski definition) is 0. The second-order valence-corrected chi connectivity index (χ2v) is 6.65. The molecule has 6 nitrogen and oxygen atoms in total. The molecule has 0 saturated carbocycles. The maximum Gasteiger partial charge on any atom is 0.276 e. The van der Waals surface area contributed by atoms with Crippen molar-refractivity contribution in [2.24, 2.45) is 0 Å². The second kappa shape index (κ2) is 8.14. The van der Waals surface area contributed by atoms with Gasteiger partial charge in [-0.15, -0.1) is 0 Å². The van der Waals surface area contributed by atoms with Crippen LogP contribution in [0.2, 0.25) is 0 Å². The van der Waals surface area contributed by atoms with Gasteiger partial charge in [-0.2, -0.15) is 0 Å². The summed E-state index contributed by atoms with van der Waals surface area (Å²) in [4.78, 5) is 21.3. The van der Waals surface area contributed by atoms with E-state index in [0.717, 1.165) is 37.3 Å². The third kappa shape index (κ3) is 4.23. The van der Waals surface area contributed by atoms with Crippen LogP contribution in [0, 0.1) is 0 Å². The molecule has 0 atom stereocenters. The highest BCUT2D eigenvalue weighted by Gasteiger charge is 2.24. The fourth-order valence-electron chi connectivity index (χ4n) is 3.27. The van der Waals surface area contributed by atoms with E-state index >= 15 is 0 Å². The first-order valence-electron chi connectivity index (χ1n) is 9.23. The van der Waals surface area contributed by atoms with Crippen LogP contribution in [0.15, 0.2) is 65.3 Å². The van der Waals surface area contributed by atoms with Gasteiger partial charge in [0, 0.05) is 62.7 Å². The highest BCUT2D eigenvalue weighted by molar-refractivity contribution is 5.93. The molecule has 1 amide bonds. The minimum Gasteiger partial charge on any atom is -0.355 e. The van der Waals surface area contributed by atoms with E-state index in [4.69, 9.17) is 4.52 Å². The molecule has 0 radical (unpaired) electrons. The van der Waals surface area contributed by atoms with Crippen LogP contribution in [0.3, 0.4) is 0 Å². The lowest BCUT2D eigenvalue weighted by Crippen LogP contribution is -2.49. The Bertz CT molecular complexity index is 871. The average molecular weight is 362 g/mol. The number of carbonyl (C=O) groups excluding carboxylic acids is 1. The van der Waals surface area contributed by atoms with Crippen LogP contribution in [0.25, 0.3) is 11.3 Å². The third-order valence-corrected chi connectivity index (χ3v) is 4.86. The highest BCUT2D eigenvalue weighted by Crippen LogP contribution is 2.20. The fourth-order valence-corrected chi connectivity index (χ4v) is 3.27. The van der Waals surface area contributed by atoms with Crippen molar-refractivity contribution in [3.8, 4) is 11.3 Å². The zero-order chi connectivity index (χ0) is 18.5. The predicted octanol–water partition coefficient (Wildman–Crippen LogP) is 2.74. The number of carbonyl (C=O) groups is 1. The van der Waals surface area contributed by atoms with Gasteiger partial charge in [-0.25, -0.2) is 0 Å². The second-order valence-electron chi connectivity index (χ2n) is 6.65. The van der Waals surface area contributed by atoms with Crippen molar-refractivity contribution in [2.75, 3.05) is 32.7 Å². The molecule has 6 heteroatoms. The molecule has 1 aliphatic rings. The van der Waals surface area contributed by atoms with E-state index < -0.39 is 0 Å². The zero-order valence-corrected chi connectivity index (χ0v) is 15.1. The minimum atomic E-state index is -0.0645. The molecule has 3 aromatic rings. The van der Waals surface area contributed by atoms with Gasteiger partial charge in [0.2, 0.25) is 0 Å². The Morgan fingerprint density at radius 1 is 1.00 bits per heavy atom. The first-order chi connectivity index (χ1) is 13.3. The molecule has 0 bridgehead atoms. The van der Waals surface area contributed by atoms with Crippen LogP contribution in [-0.2, 0) is 6.42 Å². The lowest BCUT2D eigenvalue weighted by molar-refractivity contribution is 0.0628. The zero-order valence-electron chi connectivity index (χ0n) is 15.1. The van der Waals surface area contributed by atoms with Crippen molar-refractivity contribution >= 4 is 5.91 Å². The van der Waals surface area contributed by atoms with E-state index in [0.29, 0.717) is 24.5 Å². The first kappa shape index (κ1) is 17.4. The molecule has 1 aliphatic heterocycles. The summed E-state index contributed by atoms with van der Waals surface area (Å²) in [5.41, 5.74) is 2.39. The number of amides is 1. The summed E-state index contributed by atoms with van der Waals surface area (Å²) in [6.45, 7) is 4.09. The predicted molar refractivity (Wildman–Crippen MR) is 102 cm³/mol. The fraction of sp³-hybridized carbons (Fsp3) is 0.286. The van der Waals surface area contributed by atoms with Crippen molar-refractivity contribution < 1.29 is 9.32 Å². The number of aromatic nitrogens is 2. The molecule has 138 valence electrons. The molecule has 27 heavy (non-hydrogen) atoms. The quantitative estimate of drug-likeness (QED) is 0.698. The van der Waals surface area contributed by atoms with Crippen molar-refractivity contribution in [3.05, 3.63) is 72.2 Å². The molecule has 1 saturated heterocycles. The Morgan fingerprint density at radius 2 is 1.78 bits per heavy atom. The lowest BCUT2D eigenvalue weighted by Gasteiger charge is -2.34. The van der Waals surface area contributed by atoms with Crippen LogP contribution >= 0.6 is 0 Å². The van der Waals surface area contributed by atoms with Crippen LogP contribution in [0.4, 0.5) is 0 Å². The summed E-state index contributed by atoms with van der Waals surface area (Å²) in [6.07, 6.45) is 2.76. The molecule has 0 spiro atoms. The molecule has 0 unspecified atom stereocenters. The number of benzene rings is 1. The minimum absolute atomic E-state index is 0.0645. The van der Waals surface area contributed by atoms with Crippen molar-refractivity contribution in [2.45, 2.75) is 6.42 Å². The van der Waals surface area contributed by atoms with Gasteiger partial charge in [0.15, 0.2) is 11.5 Å². The van der Waals surface area contributed by atoms with Crippen molar-refractivity contribution in [3.63, 3.8) is 0 Å². The molecule has 1 fully saturated rings. The summed E-state index contributed by atoms with van der Waals surface area (Å²) < 4.78 is 5.36. The summed E-state index contributed by atoms with van der Waals surface area (Å²) in [7, 11) is 0. The largest absolute Gasteiger partial charge is 0.355 e. The Morgan fingerprint density at radius 3 is 2.52 bits per heavy atom. The first-order valence-corrected chi connectivity index (χ1v) is 9.23. The summed E-state index contributed by atoms with van der Waals surface area (Å²) in [6, 6.07) is 17.4. The number of piperazine rings is 1. The average Bonchev–Trinajstić information content (AvgIpc) is 3.24. The van der Waals surface area contributed by atoms with Gasteiger partial charge in [0.25, 0.3) is 5.91 Å². The van der Waals surface area contributed by atoms with Gasteiger partial charge >= 0.3 is 0 Å². The van der Waals surface area contributed by atoms with Crippen molar-refractivity contribution in [1.29, 1.82) is 0 Å². The standard InChI is InChI=1S/C21H22N4O2/c26-21(19-16-20(27-23-19)17-6-2-1-3-7-17)25-14-12-24(13-15-25)11-9-18-8-4-5-10-22-18/h1-8,10,16H,9,11-15H2. The molecule has 2 aromatic heterocycles. The Hall–Kier alpha value is -2.99. The number of pyridine rings is 1. The van der Waals surface area contributed by atoms with E-state index in [2.05, 4.69) is 21.1 Å². The molecule has 0 N–H and O–H groups in total. The molecule has 0 aliphatic carbocycles. The van der Waals surface area contributed by atoms with Crippen LogP contribution in [0.5, 0.6) is 0 Å². The summed E-state index contributed by atoms with van der Waals surface area (Å²) in [5.74, 6) is 0.554. The number of nitrogens with zero attached hydrogens (tertiary/aromatic N) is 4.